The Kier molecular flexibility index (Phi) is 3.96. The van der Waals surface area contributed by atoms with Gasteiger partial charge in [0.05, 0.1) is 5.52 Å². The van der Waals surface area contributed by atoms with Crippen LogP contribution in [0.3, 0.4) is 0 Å². The number of hydrogen-bond acceptors (Lipinski definition) is 5. The van der Waals surface area contributed by atoms with Crippen LogP contribution in [0.4, 0.5) is 0 Å². The van der Waals surface area contributed by atoms with E-state index in [1.54, 1.807) is 6.07 Å². The molecule has 1 radical (unpaired) electrons. The van der Waals surface area contributed by atoms with Gasteiger partial charge >= 0.3 is 13.4 Å². The summed E-state index contributed by atoms with van der Waals surface area (Å²) in [6.07, 6.45) is 0. The number of aryl methyl sites for hydroxylation is 1. The molecule has 0 amide bonds. The summed E-state index contributed by atoms with van der Waals surface area (Å²) >= 11 is 0. The first-order valence-corrected chi connectivity index (χ1v) is 4.11. The molecule has 2 aromatic rings. The monoisotopic (exact) mass is 206 g/mol. The number of nitrogens with one attached hydrogen (secondary N) is 1. The van der Waals surface area contributed by atoms with Crippen molar-refractivity contribution in [2.45, 2.75) is 6.92 Å². The highest BCUT2D eigenvalue weighted by Crippen LogP contribution is 2.09. The summed E-state index contributed by atoms with van der Waals surface area (Å²) in [6, 6.07) is 5.55. The van der Waals surface area contributed by atoms with Crippen LogP contribution in [0.5, 0.6) is 0 Å². The third-order valence-corrected chi connectivity index (χ3v) is 1.70. The molecule has 0 aliphatic rings. The number of aromatic amines is 1. The lowest BCUT2D eigenvalue weighted by Crippen LogP contribution is -2.11. The van der Waals surface area contributed by atoms with Gasteiger partial charge in [0, 0.05) is 0 Å². The van der Waals surface area contributed by atoms with Crippen LogP contribution in [0.25, 0.3) is 11.0 Å². The Balaban J connectivity index is 0.000000337. The van der Waals surface area contributed by atoms with Crippen molar-refractivity contribution in [3.8, 4) is 0 Å². The fourth-order valence-electron chi connectivity index (χ4n) is 1.12. The van der Waals surface area contributed by atoms with E-state index in [4.69, 9.17) is 10.0 Å². The molecule has 0 bridgehead atoms. The molecule has 0 spiro atoms. The van der Waals surface area contributed by atoms with Crippen LogP contribution in [0, 0.1) is 6.92 Å². The predicted molar refractivity (Wildman–Crippen MR) is 55.1 cm³/mol. The van der Waals surface area contributed by atoms with E-state index in [9.17, 15) is 4.79 Å². The van der Waals surface area contributed by atoms with E-state index in [1.165, 1.54) is 0 Å². The van der Waals surface area contributed by atoms with Crippen molar-refractivity contribution in [1.82, 2.24) is 15.2 Å². The smallest absolute Gasteiger partial charge is 0.429 e. The molecular formula is C8H9BN3O3. The Bertz CT molecular complexity index is 500. The third-order valence-electron chi connectivity index (χ3n) is 1.70. The van der Waals surface area contributed by atoms with Gasteiger partial charge in [-0.15, -0.1) is 0 Å². The summed E-state index contributed by atoms with van der Waals surface area (Å²) in [5.41, 5.74) is 1.99. The minimum atomic E-state index is -0.409. The van der Waals surface area contributed by atoms with E-state index in [2.05, 4.69) is 15.2 Å². The zero-order valence-electron chi connectivity index (χ0n) is 8.01. The van der Waals surface area contributed by atoms with Crippen LogP contribution in [0.15, 0.2) is 23.0 Å². The molecule has 0 atom stereocenters. The average Bonchev–Trinajstić information content (AvgIpc) is 2.19. The van der Waals surface area contributed by atoms with Crippen LogP contribution in [-0.2, 0) is 0 Å². The summed E-state index contributed by atoms with van der Waals surface area (Å²) in [4.78, 5) is 14.5. The van der Waals surface area contributed by atoms with Crippen molar-refractivity contribution >= 4 is 18.7 Å². The highest BCUT2D eigenvalue weighted by Gasteiger charge is 1.98. The van der Waals surface area contributed by atoms with Gasteiger partial charge in [-0.05, 0) is 18.6 Å². The quantitative estimate of drug-likeness (QED) is 0.486. The lowest BCUT2D eigenvalue weighted by molar-refractivity contribution is 0.448. The third kappa shape index (κ3) is 2.86. The molecule has 0 aliphatic heterocycles. The molecule has 1 aromatic heterocycles. The first kappa shape index (κ1) is 11.4. The molecule has 0 aliphatic carbocycles. The number of hydrogen-bond donors (Lipinski definition) is 3. The lowest BCUT2D eigenvalue weighted by Gasteiger charge is -1.96. The average molecular weight is 206 g/mol. The highest BCUT2D eigenvalue weighted by atomic mass is 16.4. The second-order valence-corrected chi connectivity index (χ2v) is 2.70. The van der Waals surface area contributed by atoms with Crippen molar-refractivity contribution < 1.29 is 10.0 Å². The van der Waals surface area contributed by atoms with E-state index in [1.807, 2.05) is 19.1 Å². The van der Waals surface area contributed by atoms with Gasteiger partial charge < -0.3 is 10.0 Å². The second kappa shape index (κ2) is 5.23. The normalized spacial score (nSPS) is 9.27. The fourth-order valence-corrected chi connectivity index (χ4v) is 1.12. The first-order chi connectivity index (χ1) is 7.19. The summed E-state index contributed by atoms with van der Waals surface area (Å²) < 4.78 is 0. The number of H-pyrrole nitrogens is 1. The molecule has 2 rings (SSSR count). The van der Waals surface area contributed by atoms with Crippen molar-refractivity contribution in [1.29, 1.82) is 0 Å². The van der Waals surface area contributed by atoms with E-state index in [0.29, 0.717) is 5.52 Å². The van der Waals surface area contributed by atoms with Gasteiger partial charge in [0.15, 0.2) is 0 Å². The molecule has 3 N–H and O–H groups in total. The molecular weight excluding hydrogens is 197 g/mol. The van der Waals surface area contributed by atoms with E-state index >= 15 is 0 Å². The minimum absolute atomic E-state index is 0. The molecule has 6 nitrogen and oxygen atoms in total. The maximum absolute atomic E-state index is 10.8. The Morgan fingerprint density at radius 3 is 2.73 bits per heavy atom. The maximum atomic E-state index is 10.8. The number of nitrogens with zero attached hydrogens (tertiary/aromatic N) is 2. The van der Waals surface area contributed by atoms with Crippen LogP contribution >= 0.6 is 0 Å². The lowest BCUT2D eigenvalue weighted by atomic mass is 10.2. The topological polar surface area (TPSA) is 99.1 Å². The molecule has 0 saturated heterocycles. The van der Waals surface area contributed by atoms with Gasteiger partial charge in [-0.1, -0.05) is 12.1 Å². The van der Waals surface area contributed by atoms with Gasteiger partial charge in [0.1, 0.15) is 5.52 Å². The van der Waals surface area contributed by atoms with Gasteiger partial charge in [-0.2, -0.15) is 10.1 Å². The molecule has 1 aromatic carbocycles. The van der Waals surface area contributed by atoms with Gasteiger partial charge in [0.2, 0.25) is 0 Å². The number of para-hydroxylation sites is 1. The summed E-state index contributed by atoms with van der Waals surface area (Å²) in [7, 11) is 0. The number of fused-ring (bicyclic) bond motifs is 1. The van der Waals surface area contributed by atoms with Crippen molar-refractivity contribution in [3.63, 3.8) is 0 Å². The number of benzene rings is 1. The molecule has 1 heterocycles. The van der Waals surface area contributed by atoms with E-state index in [-0.39, 0.29) is 7.69 Å². The molecule has 15 heavy (non-hydrogen) atoms. The zero-order valence-corrected chi connectivity index (χ0v) is 8.01. The Morgan fingerprint density at radius 1 is 1.40 bits per heavy atom. The zero-order chi connectivity index (χ0) is 11.3. The van der Waals surface area contributed by atoms with Crippen LogP contribution < -0.4 is 5.69 Å². The molecule has 77 valence electrons. The summed E-state index contributed by atoms with van der Waals surface area (Å²) in [5.74, 6) is 0. The van der Waals surface area contributed by atoms with Crippen molar-refractivity contribution in [2.75, 3.05) is 0 Å². The van der Waals surface area contributed by atoms with E-state index in [0.717, 1.165) is 11.1 Å². The summed E-state index contributed by atoms with van der Waals surface area (Å²) in [5, 5.41) is 20.2. The predicted octanol–water partition coefficient (Wildman–Crippen LogP) is -0.868. The molecule has 0 fully saturated rings. The first-order valence-electron chi connectivity index (χ1n) is 4.11. The largest absolute Gasteiger partial charge is 0.482 e. The molecule has 0 saturated carbocycles. The van der Waals surface area contributed by atoms with E-state index < -0.39 is 5.69 Å². The highest BCUT2D eigenvalue weighted by molar-refractivity contribution is 6.13. The second-order valence-electron chi connectivity index (χ2n) is 2.70. The van der Waals surface area contributed by atoms with Crippen LogP contribution in [-0.4, -0.2) is 32.9 Å². The Morgan fingerprint density at radius 2 is 2.07 bits per heavy atom. The number of aromatic nitrogens is 3. The van der Waals surface area contributed by atoms with Gasteiger partial charge in [-0.3, -0.25) is 0 Å². The maximum Gasteiger partial charge on any atom is 0.482 e. The van der Waals surface area contributed by atoms with Gasteiger partial charge in [-0.25, -0.2) is 9.89 Å². The minimum Gasteiger partial charge on any atom is -0.429 e. The standard InChI is InChI=1S/C8H7N3O.BH2O2/c1-5-3-2-4-6-7(5)10-11-8(12)9-6;2-1-3/h2-4H,1H3,(H,9,11,12);2-3H. The molecule has 0 unspecified atom stereocenters. The van der Waals surface area contributed by atoms with Crippen molar-refractivity contribution in [3.05, 3.63) is 34.2 Å². The SMILES string of the molecule is Cc1cccc2nc(=O)[nH]nc12.O[B]O. The summed E-state index contributed by atoms with van der Waals surface area (Å²) in [6.45, 7) is 1.93. The Hall–Kier alpha value is -1.73. The Labute approximate surface area is 85.9 Å². The molecule has 7 heteroatoms. The van der Waals surface area contributed by atoms with Gasteiger partial charge in [0.25, 0.3) is 0 Å². The van der Waals surface area contributed by atoms with Crippen LogP contribution in [0.2, 0.25) is 0 Å². The van der Waals surface area contributed by atoms with Crippen molar-refractivity contribution in [2.24, 2.45) is 0 Å². The number of rotatable bonds is 0. The fraction of sp³-hybridized carbons (Fsp3) is 0.125. The van der Waals surface area contributed by atoms with Crippen LogP contribution in [0.1, 0.15) is 5.56 Å².